The van der Waals surface area contributed by atoms with E-state index in [0.29, 0.717) is 0 Å². The van der Waals surface area contributed by atoms with Gasteiger partial charge in [-0.25, -0.2) is 9.57 Å². The first-order valence-corrected chi connectivity index (χ1v) is 15.2. The maximum absolute atomic E-state index is 5.64. The Morgan fingerprint density at radius 2 is 1.59 bits per heavy atom. The fourth-order valence-electron chi connectivity index (χ4n) is 7.23. The van der Waals surface area contributed by atoms with Gasteiger partial charge in [-0.3, -0.25) is 0 Å². The molecule has 4 aliphatic rings. The quantitative estimate of drug-likeness (QED) is 0.302. The zero-order chi connectivity index (χ0) is 24.1. The van der Waals surface area contributed by atoms with Crippen LogP contribution in [-0.4, -0.2) is 63.5 Å². The molecular formula is C29H42N3OSi+. The first kappa shape index (κ1) is 23.7. The number of ether oxygens (including phenoxy) is 1. The molecule has 34 heavy (non-hydrogen) atoms. The second-order valence-electron chi connectivity index (χ2n) is 12.4. The van der Waals surface area contributed by atoms with Crippen LogP contribution in [0, 0.1) is 0 Å². The molecule has 1 aromatic rings. The van der Waals surface area contributed by atoms with Gasteiger partial charge in [0.25, 0.3) is 0 Å². The number of morpholine rings is 1. The number of rotatable bonds is 1. The maximum atomic E-state index is 5.64. The Hall–Kier alpha value is -1.98. The van der Waals surface area contributed by atoms with Crippen LogP contribution in [-0.2, 0) is 4.74 Å². The molecule has 3 heterocycles. The van der Waals surface area contributed by atoms with Crippen LogP contribution in [0.15, 0.2) is 46.6 Å². The average Bonchev–Trinajstić information content (AvgIpc) is 2.81. The van der Waals surface area contributed by atoms with E-state index < -0.39 is 8.07 Å². The molecule has 0 saturated carbocycles. The monoisotopic (exact) mass is 476 g/mol. The smallest absolute Gasteiger partial charge is 0.199 e. The van der Waals surface area contributed by atoms with E-state index in [4.69, 9.17) is 9.73 Å². The summed E-state index contributed by atoms with van der Waals surface area (Å²) in [6.07, 6.45) is 11.2. The topological polar surface area (TPSA) is 27.8 Å². The molecular weight excluding hydrogens is 434 g/mol. The molecule has 0 unspecified atom stereocenters. The minimum absolute atomic E-state index is 0.134. The van der Waals surface area contributed by atoms with Gasteiger partial charge in [-0.2, -0.15) is 0 Å². The Balaban J connectivity index is 1.76. The first-order valence-electron chi connectivity index (χ1n) is 13.2. The van der Waals surface area contributed by atoms with Crippen LogP contribution in [0.1, 0.15) is 60.8 Å². The normalized spacial score (nSPS) is 22.7. The lowest BCUT2D eigenvalue weighted by Gasteiger charge is -2.55. The van der Waals surface area contributed by atoms with Gasteiger partial charge in [-0.1, -0.05) is 41.5 Å². The summed E-state index contributed by atoms with van der Waals surface area (Å²) >= 11 is 0. The molecule has 5 heteroatoms. The van der Waals surface area contributed by atoms with E-state index in [-0.39, 0.29) is 10.1 Å². The van der Waals surface area contributed by atoms with Crippen LogP contribution in [0.2, 0.25) is 10.1 Å². The molecule has 0 amide bonds. The van der Waals surface area contributed by atoms with Crippen molar-refractivity contribution in [2.24, 2.45) is 4.99 Å². The SMILES string of the molecule is CC(C)(C)[Si]1(C(C)(C)C)C2=CC(=[N+]3CCCCC3)C=CC2=Nc2ccc(N3CCOCC3)cc21. The minimum Gasteiger partial charge on any atom is -0.378 e. The van der Waals surface area contributed by atoms with Crippen molar-refractivity contribution in [1.82, 2.24) is 0 Å². The zero-order valence-electron chi connectivity index (χ0n) is 22.1. The third-order valence-electron chi connectivity index (χ3n) is 8.36. The Morgan fingerprint density at radius 3 is 2.24 bits per heavy atom. The zero-order valence-corrected chi connectivity index (χ0v) is 23.1. The summed E-state index contributed by atoms with van der Waals surface area (Å²) in [6.45, 7) is 20.8. The number of anilines is 1. The van der Waals surface area contributed by atoms with Crippen molar-refractivity contribution < 1.29 is 9.31 Å². The molecule has 1 aliphatic carbocycles. The predicted octanol–water partition coefficient (Wildman–Crippen LogP) is 5.54. The molecule has 0 N–H and O–H groups in total. The van der Waals surface area contributed by atoms with Crippen molar-refractivity contribution in [3.05, 3.63) is 41.6 Å². The largest absolute Gasteiger partial charge is 0.378 e. The van der Waals surface area contributed by atoms with Gasteiger partial charge in [0.15, 0.2) is 5.71 Å². The van der Waals surface area contributed by atoms with E-state index in [9.17, 15) is 0 Å². The fraction of sp³-hybridized carbons (Fsp3) is 0.586. The second-order valence-corrected chi connectivity index (χ2v) is 18.0. The van der Waals surface area contributed by atoms with Crippen molar-refractivity contribution in [2.75, 3.05) is 44.3 Å². The van der Waals surface area contributed by atoms with E-state index in [2.05, 4.69) is 87.4 Å². The van der Waals surface area contributed by atoms with Gasteiger partial charge in [0.2, 0.25) is 0 Å². The Kier molecular flexibility index (Phi) is 6.00. The van der Waals surface area contributed by atoms with E-state index in [0.717, 1.165) is 26.3 Å². The Bertz CT molecular complexity index is 1070. The van der Waals surface area contributed by atoms with E-state index >= 15 is 0 Å². The van der Waals surface area contributed by atoms with Gasteiger partial charge < -0.3 is 9.64 Å². The lowest BCUT2D eigenvalue weighted by Crippen LogP contribution is -2.66. The molecule has 2 fully saturated rings. The van der Waals surface area contributed by atoms with E-state index in [1.165, 1.54) is 65.5 Å². The highest BCUT2D eigenvalue weighted by Gasteiger charge is 2.60. The molecule has 182 valence electrons. The molecule has 2 saturated heterocycles. The van der Waals surface area contributed by atoms with Gasteiger partial charge in [0.1, 0.15) is 21.2 Å². The van der Waals surface area contributed by atoms with Crippen molar-refractivity contribution in [3.8, 4) is 0 Å². The highest BCUT2D eigenvalue weighted by molar-refractivity contribution is 7.06. The molecule has 1 aromatic carbocycles. The Morgan fingerprint density at radius 1 is 0.912 bits per heavy atom. The van der Waals surface area contributed by atoms with Crippen LogP contribution in [0.4, 0.5) is 11.4 Å². The summed E-state index contributed by atoms with van der Waals surface area (Å²) in [5, 5.41) is 3.31. The average molecular weight is 477 g/mol. The van der Waals surface area contributed by atoms with Crippen LogP contribution >= 0.6 is 0 Å². The Labute approximate surface area is 207 Å². The number of hydrogen-bond donors (Lipinski definition) is 0. The van der Waals surface area contributed by atoms with Crippen molar-refractivity contribution in [2.45, 2.75) is 70.9 Å². The molecule has 5 rings (SSSR count). The molecule has 0 bridgehead atoms. The number of piperidine rings is 1. The predicted molar refractivity (Wildman–Crippen MR) is 147 cm³/mol. The first-order chi connectivity index (χ1) is 16.1. The summed E-state index contributed by atoms with van der Waals surface area (Å²) in [4.78, 5) is 7.77. The third-order valence-corrected chi connectivity index (χ3v) is 15.3. The van der Waals surface area contributed by atoms with Gasteiger partial charge in [-0.15, -0.1) is 0 Å². The van der Waals surface area contributed by atoms with Gasteiger partial charge >= 0.3 is 0 Å². The lowest BCUT2D eigenvalue weighted by molar-refractivity contribution is -0.535. The summed E-state index contributed by atoms with van der Waals surface area (Å²) < 4.78 is 8.25. The molecule has 3 aliphatic heterocycles. The number of aliphatic imine (C=N–C) groups is 1. The van der Waals surface area contributed by atoms with Crippen molar-refractivity contribution in [3.63, 3.8) is 0 Å². The van der Waals surface area contributed by atoms with Crippen molar-refractivity contribution in [1.29, 1.82) is 0 Å². The van der Waals surface area contributed by atoms with Gasteiger partial charge in [-0.05, 0) is 51.2 Å². The van der Waals surface area contributed by atoms with Crippen LogP contribution < -0.4 is 10.1 Å². The van der Waals surface area contributed by atoms with Crippen molar-refractivity contribution >= 4 is 36.1 Å². The van der Waals surface area contributed by atoms with Crippen LogP contribution in [0.3, 0.4) is 0 Å². The maximum Gasteiger partial charge on any atom is 0.199 e. The number of hydrogen-bond acceptors (Lipinski definition) is 3. The van der Waals surface area contributed by atoms with Crippen LogP contribution in [0.25, 0.3) is 0 Å². The summed E-state index contributed by atoms with van der Waals surface area (Å²) in [5.74, 6) is 0. The molecule has 0 spiro atoms. The fourth-order valence-corrected chi connectivity index (χ4v) is 14.8. The van der Waals surface area contributed by atoms with Gasteiger partial charge in [0.05, 0.1) is 24.6 Å². The highest BCUT2D eigenvalue weighted by Crippen LogP contribution is 2.57. The number of nitrogens with zero attached hydrogens (tertiary/aromatic N) is 3. The second kappa shape index (κ2) is 8.60. The molecule has 4 nitrogen and oxygen atoms in total. The number of fused-ring (bicyclic) bond motifs is 2. The molecule has 0 atom stereocenters. The standard InChI is InChI=1S/C29H42N3OSi/c1-28(2,3)34(29(4,5)6)26-20-22(31-14-8-7-9-15-31)10-12-24(26)30-25-13-11-23(21-27(25)34)32-16-18-33-19-17-32/h10-13,20-21H,7-9,14-19H2,1-6H3/q+1. The summed E-state index contributed by atoms with van der Waals surface area (Å²) in [6, 6.07) is 7.09. The van der Waals surface area contributed by atoms with Gasteiger partial charge in [0, 0.05) is 43.8 Å². The molecule has 0 aromatic heterocycles. The van der Waals surface area contributed by atoms with E-state index in [1.54, 1.807) is 0 Å². The highest BCUT2D eigenvalue weighted by atomic mass is 28.3. The minimum atomic E-state index is -2.30. The van der Waals surface area contributed by atoms with E-state index in [1.807, 2.05) is 0 Å². The molecule has 0 radical (unpaired) electrons. The number of allylic oxidation sites excluding steroid dienone is 4. The lowest BCUT2D eigenvalue weighted by atomic mass is 10.1. The van der Waals surface area contributed by atoms with Crippen LogP contribution in [0.5, 0.6) is 0 Å². The third kappa shape index (κ3) is 3.76. The summed E-state index contributed by atoms with van der Waals surface area (Å²) in [7, 11) is -2.30. The summed E-state index contributed by atoms with van der Waals surface area (Å²) in [5.41, 5.74) is 5.11. The number of benzene rings is 1.